The van der Waals surface area contributed by atoms with E-state index >= 15 is 0 Å². The van der Waals surface area contributed by atoms with E-state index in [0.29, 0.717) is 37.7 Å². The molecule has 1 atom stereocenters. The Morgan fingerprint density at radius 3 is 2.48 bits per heavy atom. The molecule has 0 aliphatic carbocycles. The molecule has 0 radical (unpaired) electrons. The molecule has 1 aromatic carbocycles. The molecule has 0 saturated carbocycles. The molecular formula is C16H24Cl2N3O3S+. The maximum atomic E-state index is 12.7. The van der Waals surface area contributed by atoms with E-state index < -0.39 is 10.0 Å². The van der Waals surface area contributed by atoms with E-state index in [0.717, 1.165) is 11.3 Å². The minimum Gasteiger partial charge on any atom is -0.349 e. The first-order valence-electron chi connectivity index (χ1n) is 8.32. The van der Waals surface area contributed by atoms with Crippen LogP contribution >= 0.6 is 23.2 Å². The molecule has 0 aromatic heterocycles. The van der Waals surface area contributed by atoms with Crippen LogP contribution < -0.4 is 10.2 Å². The highest BCUT2D eigenvalue weighted by Crippen LogP contribution is 2.26. The molecule has 1 aliphatic heterocycles. The average Bonchev–Trinajstić information content (AvgIpc) is 2.57. The fourth-order valence-electron chi connectivity index (χ4n) is 2.66. The van der Waals surface area contributed by atoms with E-state index in [-0.39, 0.29) is 21.9 Å². The summed E-state index contributed by atoms with van der Waals surface area (Å²) in [6.45, 7) is 6.27. The van der Waals surface area contributed by atoms with Crippen molar-refractivity contribution < 1.29 is 18.1 Å². The number of hydrogen-bond donors (Lipinski definition) is 2. The number of rotatable bonds is 6. The van der Waals surface area contributed by atoms with Crippen LogP contribution in [-0.2, 0) is 14.8 Å². The Kier molecular flexibility index (Phi) is 7.10. The molecule has 0 bridgehead atoms. The highest BCUT2D eigenvalue weighted by molar-refractivity contribution is 7.89. The van der Waals surface area contributed by atoms with Crippen LogP contribution in [0.25, 0.3) is 0 Å². The summed E-state index contributed by atoms with van der Waals surface area (Å²) in [6.07, 6.45) is 0.886. The summed E-state index contributed by atoms with van der Waals surface area (Å²) >= 11 is 11.8. The smallest absolute Gasteiger partial charge is 0.275 e. The third-order valence-electron chi connectivity index (χ3n) is 4.39. The number of benzene rings is 1. The second kappa shape index (κ2) is 8.68. The SMILES string of the molecule is CC[C@H](C)NC(=O)C[NH+]1CCN(S(=O)(=O)c2ccc(Cl)c(Cl)c2)CC1. The highest BCUT2D eigenvalue weighted by atomic mass is 35.5. The lowest BCUT2D eigenvalue weighted by Gasteiger charge is -2.31. The molecule has 140 valence electrons. The van der Waals surface area contributed by atoms with E-state index in [1.54, 1.807) is 0 Å². The Labute approximate surface area is 159 Å². The van der Waals surface area contributed by atoms with Crippen molar-refractivity contribution in [3.8, 4) is 0 Å². The molecule has 1 aliphatic rings. The van der Waals surface area contributed by atoms with Gasteiger partial charge in [0.2, 0.25) is 10.0 Å². The average molecular weight is 409 g/mol. The lowest BCUT2D eigenvalue weighted by atomic mass is 10.2. The van der Waals surface area contributed by atoms with Gasteiger partial charge >= 0.3 is 0 Å². The van der Waals surface area contributed by atoms with Gasteiger partial charge in [-0.1, -0.05) is 30.1 Å². The third kappa shape index (κ3) is 5.31. The number of carbonyl (C=O) groups excluding carboxylic acids is 1. The van der Waals surface area contributed by atoms with Crippen LogP contribution in [0.2, 0.25) is 10.0 Å². The van der Waals surface area contributed by atoms with Gasteiger partial charge in [0, 0.05) is 6.04 Å². The van der Waals surface area contributed by atoms with Crippen LogP contribution in [0.5, 0.6) is 0 Å². The van der Waals surface area contributed by atoms with Crippen LogP contribution in [0.3, 0.4) is 0 Å². The zero-order chi connectivity index (χ0) is 18.6. The normalized spacial score (nSPS) is 18.1. The number of nitrogens with one attached hydrogen (secondary N) is 2. The summed E-state index contributed by atoms with van der Waals surface area (Å²) in [5, 5.41) is 3.47. The summed E-state index contributed by atoms with van der Waals surface area (Å²) in [4.78, 5) is 13.2. The van der Waals surface area contributed by atoms with Crippen LogP contribution in [0.15, 0.2) is 23.1 Å². The van der Waals surface area contributed by atoms with Gasteiger partial charge in [0.1, 0.15) is 0 Å². The Bertz CT molecular complexity index is 719. The van der Waals surface area contributed by atoms with Crippen molar-refractivity contribution in [1.82, 2.24) is 9.62 Å². The molecule has 0 spiro atoms. The molecule has 25 heavy (non-hydrogen) atoms. The van der Waals surface area contributed by atoms with Crippen LogP contribution in [0, 0.1) is 0 Å². The topological polar surface area (TPSA) is 70.9 Å². The Morgan fingerprint density at radius 2 is 1.92 bits per heavy atom. The second-order valence-electron chi connectivity index (χ2n) is 6.28. The fraction of sp³-hybridized carbons (Fsp3) is 0.562. The van der Waals surface area contributed by atoms with E-state index in [2.05, 4.69) is 5.32 Å². The zero-order valence-corrected chi connectivity index (χ0v) is 16.7. The van der Waals surface area contributed by atoms with Gasteiger partial charge in [-0.15, -0.1) is 0 Å². The van der Waals surface area contributed by atoms with Crippen LogP contribution in [0.4, 0.5) is 0 Å². The quantitative estimate of drug-likeness (QED) is 0.730. The molecular weight excluding hydrogens is 385 g/mol. The second-order valence-corrected chi connectivity index (χ2v) is 9.04. The fourth-order valence-corrected chi connectivity index (χ4v) is 4.49. The van der Waals surface area contributed by atoms with Gasteiger partial charge in [0.05, 0.1) is 41.1 Å². The first-order chi connectivity index (χ1) is 11.7. The number of quaternary nitrogens is 1. The molecule has 1 aromatic rings. The summed E-state index contributed by atoms with van der Waals surface area (Å²) < 4.78 is 26.8. The van der Waals surface area contributed by atoms with Crippen molar-refractivity contribution in [2.24, 2.45) is 0 Å². The molecule has 0 unspecified atom stereocenters. The van der Waals surface area contributed by atoms with Gasteiger partial charge in [0.25, 0.3) is 5.91 Å². The van der Waals surface area contributed by atoms with Gasteiger partial charge in [-0.2, -0.15) is 4.31 Å². The minimum absolute atomic E-state index is 0.00476. The number of nitrogens with zero attached hydrogens (tertiary/aromatic N) is 1. The molecule has 2 rings (SSSR count). The molecule has 6 nitrogen and oxygen atoms in total. The van der Waals surface area contributed by atoms with Gasteiger partial charge in [-0.25, -0.2) is 8.42 Å². The predicted molar refractivity (Wildman–Crippen MR) is 98.7 cm³/mol. The third-order valence-corrected chi connectivity index (χ3v) is 7.02. The molecule has 2 N–H and O–H groups in total. The van der Waals surface area contributed by atoms with Crippen molar-refractivity contribution in [3.05, 3.63) is 28.2 Å². The molecule has 9 heteroatoms. The van der Waals surface area contributed by atoms with Crippen molar-refractivity contribution >= 4 is 39.1 Å². The molecule has 1 heterocycles. The number of hydrogen-bond acceptors (Lipinski definition) is 3. The highest BCUT2D eigenvalue weighted by Gasteiger charge is 2.31. The summed E-state index contributed by atoms with van der Waals surface area (Å²) in [6, 6.07) is 4.47. The largest absolute Gasteiger partial charge is 0.349 e. The van der Waals surface area contributed by atoms with Crippen LogP contribution in [0.1, 0.15) is 20.3 Å². The van der Waals surface area contributed by atoms with Gasteiger partial charge in [0.15, 0.2) is 6.54 Å². The van der Waals surface area contributed by atoms with Crippen LogP contribution in [-0.4, -0.2) is 57.4 Å². The van der Waals surface area contributed by atoms with E-state index in [1.165, 1.54) is 22.5 Å². The maximum absolute atomic E-state index is 12.7. The Hall–Kier alpha value is -0.860. The van der Waals surface area contributed by atoms with Gasteiger partial charge in [-0.3, -0.25) is 4.79 Å². The summed E-state index contributed by atoms with van der Waals surface area (Å²) in [5.41, 5.74) is 0. The van der Waals surface area contributed by atoms with Gasteiger partial charge in [-0.05, 0) is 31.5 Å². The van der Waals surface area contributed by atoms with Crippen molar-refractivity contribution in [3.63, 3.8) is 0 Å². The molecule has 1 fully saturated rings. The van der Waals surface area contributed by atoms with Gasteiger partial charge < -0.3 is 10.2 Å². The lowest BCUT2D eigenvalue weighted by Crippen LogP contribution is -3.15. The number of amides is 1. The van der Waals surface area contributed by atoms with E-state index in [9.17, 15) is 13.2 Å². The van der Waals surface area contributed by atoms with E-state index in [4.69, 9.17) is 23.2 Å². The van der Waals surface area contributed by atoms with E-state index in [1.807, 2.05) is 13.8 Å². The molecule has 1 amide bonds. The summed E-state index contributed by atoms with van der Waals surface area (Å²) in [5.74, 6) is 0.00476. The first kappa shape index (κ1) is 20.5. The summed E-state index contributed by atoms with van der Waals surface area (Å²) in [7, 11) is -3.60. The monoisotopic (exact) mass is 408 g/mol. The zero-order valence-electron chi connectivity index (χ0n) is 14.4. The number of piperazine rings is 1. The number of sulfonamides is 1. The number of carbonyl (C=O) groups is 1. The van der Waals surface area contributed by atoms with Crippen molar-refractivity contribution in [2.75, 3.05) is 32.7 Å². The van der Waals surface area contributed by atoms with Crippen molar-refractivity contribution in [2.45, 2.75) is 31.2 Å². The Balaban J connectivity index is 1.94. The van der Waals surface area contributed by atoms with Crippen molar-refractivity contribution in [1.29, 1.82) is 0 Å². The Morgan fingerprint density at radius 1 is 1.28 bits per heavy atom. The molecule has 1 saturated heterocycles. The maximum Gasteiger partial charge on any atom is 0.275 e. The number of halogens is 2. The predicted octanol–water partition coefficient (Wildman–Crippen LogP) is 0.797. The first-order valence-corrected chi connectivity index (χ1v) is 10.5. The minimum atomic E-state index is -3.60. The lowest BCUT2D eigenvalue weighted by molar-refractivity contribution is -0.895. The standard InChI is InChI=1S/C16H23Cl2N3O3S/c1-3-12(2)19-16(22)11-20-6-8-21(9-7-20)25(23,24)13-4-5-14(17)15(18)10-13/h4-5,10,12H,3,6-9,11H2,1-2H3,(H,19,22)/p+1/t12-/m0/s1.